The van der Waals surface area contributed by atoms with E-state index in [9.17, 15) is 14.0 Å². The first-order chi connectivity index (χ1) is 15.0. The van der Waals surface area contributed by atoms with Gasteiger partial charge < -0.3 is 14.7 Å². The van der Waals surface area contributed by atoms with Crippen molar-refractivity contribution in [1.29, 1.82) is 0 Å². The lowest BCUT2D eigenvalue weighted by atomic mass is 9.99. The highest BCUT2D eigenvalue weighted by molar-refractivity contribution is 7.22. The van der Waals surface area contributed by atoms with E-state index in [0.717, 1.165) is 28.6 Å². The van der Waals surface area contributed by atoms with Crippen LogP contribution in [0.3, 0.4) is 0 Å². The molecule has 0 aliphatic carbocycles. The van der Waals surface area contributed by atoms with Crippen LogP contribution in [0.2, 0.25) is 0 Å². The number of hydrogen-bond acceptors (Lipinski definition) is 6. The molecule has 8 heteroatoms. The normalized spacial score (nSPS) is 17.2. The van der Waals surface area contributed by atoms with Crippen molar-refractivity contribution in [3.05, 3.63) is 53.8 Å². The van der Waals surface area contributed by atoms with Crippen molar-refractivity contribution < 1.29 is 14.0 Å². The molecule has 0 atom stereocenters. The molecule has 3 aromatic rings. The van der Waals surface area contributed by atoms with Gasteiger partial charge in [-0.15, -0.1) is 0 Å². The third-order valence-corrected chi connectivity index (χ3v) is 7.17. The van der Waals surface area contributed by atoms with E-state index >= 15 is 0 Å². The summed E-state index contributed by atoms with van der Waals surface area (Å²) >= 11 is 1.47. The number of halogens is 1. The number of aromatic nitrogens is 1. The minimum atomic E-state index is -0.304. The number of anilines is 2. The Hall–Kier alpha value is -3.00. The average Bonchev–Trinajstić information content (AvgIpc) is 3.18. The standard InChI is InChI=1S/C23H23FN4O2S/c1-15(29)16-5-7-18(8-6-16)26-9-11-27(12-10-26)22(30)17-13-28(14-17)23-25-21-19(24)3-2-4-20(21)31-23/h2-8,17H,9-14H2,1H3. The first kappa shape index (κ1) is 19.9. The van der Waals surface area contributed by atoms with Gasteiger partial charge in [-0.25, -0.2) is 9.37 Å². The quantitative estimate of drug-likeness (QED) is 0.585. The third-order valence-electron chi connectivity index (χ3n) is 6.09. The van der Waals surface area contributed by atoms with Crippen LogP contribution in [0.5, 0.6) is 0 Å². The SMILES string of the molecule is CC(=O)c1ccc(N2CCN(C(=O)C3CN(c4nc5c(F)cccc5s4)C3)CC2)cc1. The fourth-order valence-electron chi connectivity index (χ4n) is 4.18. The first-order valence-corrected chi connectivity index (χ1v) is 11.3. The Bertz CT molecular complexity index is 1130. The molecule has 0 bridgehead atoms. The minimum Gasteiger partial charge on any atom is -0.368 e. The fourth-order valence-corrected chi connectivity index (χ4v) is 5.18. The van der Waals surface area contributed by atoms with Crippen LogP contribution in [0.15, 0.2) is 42.5 Å². The molecule has 2 fully saturated rings. The molecule has 0 saturated carbocycles. The van der Waals surface area contributed by atoms with Gasteiger partial charge in [-0.1, -0.05) is 17.4 Å². The maximum absolute atomic E-state index is 13.9. The molecule has 0 unspecified atom stereocenters. The van der Waals surface area contributed by atoms with E-state index in [1.54, 1.807) is 13.0 Å². The van der Waals surface area contributed by atoms with Gasteiger partial charge in [-0.2, -0.15) is 0 Å². The van der Waals surface area contributed by atoms with Crippen molar-refractivity contribution in [3.8, 4) is 0 Å². The molecule has 0 spiro atoms. The summed E-state index contributed by atoms with van der Waals surface area (Å²) in [5, 5.41) is 0.781. The summed E-state index contributed by atoms with van der Waals surface area (Å²) in [5.41, 5.74) is 2.20. The zero-order valence-electron chi connectivity index (χ0n) is 17.3. The molecule has 160 valence electrons. The number of thiazole rings is 1. The van der Waals surface area contributed by atoms with Crippen LogP contribution >= 0.6 is 11.3 Å². The molecule has 2 aliphatic rings. The number of amides is 1. The number of carbonyl (C=O) groups is 2. The van der Waals surface area contributed by atoms with Crippen molar-refractivity contribution in [2.45, 2.75) is 6.92 Å². The number of Topliss-reactive ketones (excluding diaryl/α,β-unsaturated/α-hetero) is 1. The summed E-state index contributed by atoms with van der Waals surface area (Å²) in [6.07, 6.45) is 0. The van der Waals surface area contributed by atoms with Gasteiger partial charge in [-0.3, -0.25) is 9.59 Å². The van der Waals surface area contributed by atoms with Crippen LogP contribution in [-0.2, 0) is 4.79 Å². The van der Waals surface area contributed by atoms with Gasteiger partial charge >= 0.3 is 0 Å². The number of nitrogens with zero attached hydrogens (tertiary/aromatic N) is 4. The number of fused-ring (bicyclic) bond motifs is 1. The molecular weight excluding hydrogens is 415 g/mol. The maximum atomic E-state index is 13.9. The number of rotatable bonds is 4. The van der Waals surface area contributed by atoms with Gasteiger partial charge in [0.05, 0.1) is 10.6 Å². The van der Waals surface area contributed by atoms with Crippen molar-refractivity contribution in [2.75, 3.05) is 49.1 Å². The molecule has 5 rings (SSSR count). The van der Waals surface area contributed by atoms with Crippen LogP contribution < -0.4 is 9.80 Å². The third kappa shape index (κ3) is 3.76. The Morgan fingerprint density at radius 1 is 1.00 bits per heavy atom. The fraction of sp³-hybridized carbons (Fsp3) is 0.348. The van der Waals surface area contributed by atoms with Gasteiger partial charge in [0.25, 0.3) is 0 Å². The summed E-state index contributed by atoms with van der Waals surface area (Å²) < 4.78 is 14.7. The Morgan fingerprint density at radius 3 is 2.35 bits per heavy atom. The molecule has 31 heavy (non-hydrogen) atoms. The van der Waals surface area contributed by atoms with Crippen LogP contribution in [0, 0.1) is 11.7 Å². The lowest BCUT2D eigenvalue weighted by Gasteiger charge is -2.43. The highest BCUT2D eigenvalue weighted by Gasteiger charge is 2.37. The summed E-state index contributed by atoms with van der Waals surface area (Å²) in [7, 11) is 0. The number of carbonyl (C=O) groups excluding carboxylic acids is 2. The van der Waals surface area contributed by atoms with Crippen LogP contribution in [-0.4, -0.2) is 60.8 Å². The molecule has 2 saturated heterocycles. The van der Waals surface area contributed by atoms with Gasteiger partial charge in [0.2, 0.25) is 5.91 Å². The number of para-hydroxylation sites is 1. The number of piperazine rings is 1. The van der Waals surface area contributed by atoms with Gasteiger partial charge in [-0.05, 0) is 43.3 Å². The van der Waals surface area contributed by atoms with Crippen molar-refractivity contribution in [2.24, 2.45) is 5.92 Å². The highest BCUT2D eigenvalue weighted by atomic mass is 32.1. The van der Waals surface area contributed by atoms with E-state index in [1.165, 1.54) is 17.4 Å². The Labute approximate surface area is 183 Å². The minimum absolute atomic E-state index is 0.0294. The smallest absolute Gasteiger partial charge is 0.229 e. The number of ketones is 1. The molecule has 3 heterocycles. The highest BCUT2D eigenvalue weighted by Crippen LogP contribution is 2.34. The molecule has 0 N–H and O–H groups in total. The topological polar surface area (TPSA) is 56.8 Å². The summed E-state index contributed by atoms with van der Waals surface area (Å²) in [4.78, 5) is 35.0. The van der Waals surface area contributed by atoms with E-state index < -0.39 is 0 Å². The van der Waals surface area contributed by atoms with Crippen LogP contribution in [0.4, 0.5) is 15.2 Å². The second-order valence-electron chi connectivity index (χ2n) is 8.10. The molecule has 1 amide bonds. The van der Waals surface area contributed by atoms with Gasteiger partial charge in [0.1, 0.15) is 11.3 Å². The maximum Gasteiger partial charge on any atom is 0.229 e. The van der Waals surface area contributed by atoms with Gasteiger partial charge in [0.15, 0.2) is 10.9 Å². The van der Waals surface area contributed by atoms with Crippen molar-refractivity contribution in [1.82, 2.24) is 9.88 Å². The van der Waals surface area contributed by atoms with E-state index in [-0.39, 0.29) is 23.4 Å². The average molecular weight is 439 g/mol. The van der Waals surface area contributed by atoms with E-state index in [0.29, 0.717) is 37.3 Å². The largest absolute Gasteiger partial charge is 0.368 e. The predicted molar refractivity (Wildman–Crippen MR) is 121 cm³/mol. The number of benzene rings is 2. The molecular formula is C23H23FN4O2S. The van der Waals surface area contributed by atoms with Crippen LogP contribution in [0.25, 0.3) is 10.2 Å². The molecule has 0 radical (unpaired) electrons. The lowest BCUT2D eigenvalue weighted by molar-refractivity contribution is -0.136. The predicted octanol–water partition coefficient (Wildman–Crippen LogP) is 3.42. The summed E-state index contributed by atoms with van der Waals surface area (Å²) in [5.74, 6) is -0.0807. The second-order valence-corrected chi connectivity index (χ2v) is 9.11. The Balaban J connectivity index is 1.15. The van der Waals surface area contributed by atoms with E-state index in [1.807, 2.05) is 35.2 Å². The monoisotopic (exact) mass is 438 g/mol. The molecule has 2 aromatic carbocycles. The first-order valence-electron chi connectivity index (χ1n) is 10.4. The molecule has 2 aliphatic heterocycles. The van der Waals surface area contributed by atoms with Gasteiger partial charge in [0, 0.05) is 50.5 Å². The Kier molecular flexibility index (Phi) is 5.09. The summed E-state index contributed by atoms with van der Waals surface area (Å²) in [6.45, 7) is 5.76. The summed E-state index contributed by atoms with van der Waals surface area (Å²) in [6, 6.07) is 12.6. The molecule has 1 aromatic heterocycles. The van der Waals surface area contributed by atoms with Crippen molar-refractivity contribution >= 4 is 44.1 Å². The zero-order valence-corrected chi connectivity index (χ0v) is 18.1. The van der Waals surface area contributed by atoms with Crippen LogP contribution in [0.1, 0.15) is 17.3 Å². The Morgan fingerprint density at radius 2 is 1.71 bits per heavy atom. The van der Waals surface area contributed by atoms with Crippen molar-refractivity contribution in [3.63, 3.8) is 0 Å². The molecule has 6 nitrogen and oxygen atoms in total. The van der Waals surface area contributed by atoms with E-state index in [2.05, 4.69) is 14.8 Å². The lowest BCUT2D eigenvalue weighted by Crippen LogP contribution is -2.58. The van der Waals surface area contributed by atoms with E-state index in [4.69, 9.17) is 0 Å². The second kappa shape index (κ2) is 7.92. The zero-order chi connectivity index (χ0) is 21.5. The number of hydrogen-bond donors (Lipinski definition) is 0.